The van der Waals surface area contributed by atoms with Crippen LogP contribution in [0.4, 0.5) is 0 Å². The lowest BCUT2D eigenvalue weighted by Gasteiger charge is -2.04. The largest absolute Gasteiger partial charge is 0.396 e. The number of rotatable bonds is 6. The molecule has 1 unspecified atom stereocenters. The van der Waals surface area contributed by atoms with Crippen molar-refractivity contribution in [3.05, 3.63) is 12.2 Å². The molecule has 0 aromatic carbocycles. The van der Waals surface area contributed by atoms with E-state index in [1.807, 2.05) is 0 Å². The molecule has 0 aromatic rings. The highest BCUT2D eigenvalue weighted by molar-refractivity contribution is 4.82. The first kappa shape index (κ1) is 10.7. The third kappa shape index (κ3) is 7.60. The van der Waals surface area contributed by atoms with E-state index >= 15 is 0 Å². The fraction of sp³-hybridized carbons (Fsp3) is 0.800. The summed E-state index contributed by atoms with van der Waals surface area (Å²) in [6.07, 6.45) is 8.79. The Morgan fingerprint density at radius 3 is 2.64 bits per heavy atom. The summed E-state index contributed by atoms with van der Waals surface area (Å²) in [4.78, 5) is 0. The number of allylic oxidation sites excluding steroid dienone is 1. The Hall–Kier alpha value is -0.300. The van der Waals surface area contributed by atoms with Crippen LogP contribution < -0.4 is 0 Å². The maximum Gasteiger partial charge on any atom is 0.0465 e. The second kappa shape index (κ2) is 7.80. The molecule has 0 aliphatic heterocycles. The highest BCUT2D eigenvalue weighted by Gasteiger charge is 1.95. The second-order valence-corrected chi connectivity index (χ2v) is 3.11. The lowest BCUT2D eigenvalue weighted by molar-refractivity contribution is 0.302. The molecule has 11 heavy (non-hydrogen) atoms. The van der Waals surface area contributed by atoms with Crippen molar-refractivity contribution in [2.45, 2.75) is 39.5 Å². The van der Waals surface area contributed by atoms with Gasteiger partial charge in [-0.3, -0.25) is 0 Å². The minimum Gasteiger partial charge on any atom is -0.396 e. The SMILES string of the molecule is CCCC(C)CC=CCCO. The smallest absolute Gasteiger partial charge is 0.0465 e. The molecule has 0 amide bonds. The molecular formula is C10H20O. The van der Waals surface area contributed by atoms with Crippen LogP contribution in [0.1, 0.15) is 39.5 Å². The van der Waals surface area contributed by atoms with Crippen molar-refractivity contribution in [1.29, 1.82) is 0 Å². The van der Waals surface area contributed by atoms with E-state index in [0.717, 1.165) is 18.8 Å². The highest BCUT2D eigenvalue weighted by atomic mass is 16.2. The third-order valence-electron chi connectivity index (χ3n) is 1.78. The quantitative estimate of drug-likeness (QED) is 0.586. The zero-order chi connectivity index (χ0) is 8.53. The van der Waals surface area contributed by atoms with Gasteiger partial charge in [0.2, 0.25) is 0 Å². The molecule has 0 radical (unpaired) electrons. The van der Waals surface area contributed by atoms with Crippen LogP contribution in [-0.4, -0.2) is 11.7 Å². The zero-order valence-corrected chi connectivity index (χ0v) is 7.71. The van der Waals surface area contributed by atoms with Crippen LogP contribution >= 0.6 is 0 Å². The molecule has 0 bridgehead atoms. The first-order chi connectivity index (χ1) is 5.31. The molecule has 1 nitrogen and oxygen atoms in total. The van der Waals surface area contributed by atoms with Gasteiger partial charge in [-0.25, -0.2) is 0 Å². The standard InChI is InChI=1S/C10H20O/c1-3-7-10(2)8-5-4-6-9-11/h4-5,10-11H,3,6-9H2,1-2H3. The Labute approximate surface area is 70.1 Å². The molecule has 0 fully saturated rings. The van der Waals surface area contributed by atoms with Crippen molar-refractivity contribution < 1.29 is 5.11 Å². The van der Waals surface area contributed by atoms with E-state index in [1.165, 1.54) is 12.8 Å². The predicted octanol–water partition coefficient (Wildman–Crippen LogP) is 2.75. The lowest BCUT2D eigenvalue weighted by Crippen LogP contribution is -1.90. The normalized spacial score (nSPS) is 14.1. The van der Waals surface area contributed by atoms with Crippen LogP contribution in [0, 0.1) is 5.92 Å². The zero-order valence-electron chi connectivity index (χ0n) is 7.71. The summed E-state index contributed by atoms with van der Waals surface area (Å²) in [6.45, 7) is 4.76. The summed E-state index contributed by atoms with van der Waals surface area (Å²) in [6, 6.07) is 0. The van der Waals surface area contributed by atoms with E-state index in [-0.39, 0.29) is 6.61 Å². The average Bonchev–Trinajstić information content (AvgIpc) is 1.99. The van der Waals surface area contributed by atoms with E-state index in [1.54, 1.807) is 0 Å². The van der Waals surface area contributed by atoms with E-state index < -0.39 is 0 Å². The van der Waals surface area contributed by atoms with Gasteiger partial charge in [0.25, 0.3) is 0 Å². The molecule has 0 heterocycles. The van der Waals surface area contributed by atoms with Crippen molar-refractivity contribution >= 4 is 0 Å². The molecule has 1 atom stereocenters. The maximum absolute atomic E-state index is 8.48. The Morgan fingerprint density at radius 2 is 2.09 bits per heavy atom. The molecule has 0 saturated heterocycles. The molecule has 0 aliphatic rings. The van der Waals surface area contributed by atoms with Crippen LogP contribution in [-0.2, 0) is 0 Å². The number of hydrogen-bond acceptors (Lipinski definition) is 1. The third-order valence-corrected chi connectivity index (χ3v) is 1.78. The Kier molecular flexibility index (Phi) is 7.59. The van der Waals surface area contributed by atoms with Gasteiger partial charge in [-0.15, -0.1) is 0 Å². The van der Waals surface area contributed by atoms with Gasteiger partial charge in [0.1, 0.15) is 0 Å². The second-order valence-electron chi connectivity index (χ2n) is 3.11. The number of aliphatic hydroxyl groups is 1. The molecule has 0 rings (SSSR count). The first-order valence-electron chi connectivity index (χ1n) is 4.57. The summed E-state index contributed by atoms with van der Waals surface area (Å²) in [7, 11) is 0. The Bertz CT molecular complexity index is 97.0. The Morgan fingerprint density at radius 1 is 1.36 bits per heavy atom. The number of aliphatic hydroxyl groups excluding tert-OH is 1. The minimum atomic E-state index is 0.276. The first-order valence-corrected chi connectivity index (χ1v) is 4.57. The fourth-order valence-electron chi connectivity index (χ4n) is 1.13. The molecule has 66 valence electrons. The molecule has 1 N–H and O–H groups in total. The van der Waals surface area contributed by atoms with Crippen LogP contribution in [0.5, 0.6) is 0 Å². The minimum absolute atomic E-state index is 0.276. The maximum atomic E-state index is 8.48. The topological polar surface area (TPSA) is 20.2 Å². The van der Waals surface area contributed by atoms with E-state index in [2.05, 4.69) is 26.0 Å². The molecule has 0 saturated carbocycles. The number of hydrogen-bond donors (Lipinski definition) is 1. The average molecular weight is 156 g/mol. The molecule has 0 aromatic heterocycles. The molecule has 1 heteroatoms. The highest BCUT2D eigenvalue weighted by Crippen LogP contribution is 2.09. The van der Waals surface area contributed by atoms with Crippen molar-refractivity contribution in [2.24, 2.45) is 5.92 Å². The van der Waals surface area contributed by atoms with Gasteiger partial charge in [0, 0.05) is 6.61 Å². The summed E-state index contributed by atoms with van der Waals surface area (Å²) in [5, 5.41) is 8.48. The van der Waals surface area contributed by atoms with Gasteiger partial charge < -0.3 is 5.11 Å². The van der Waals surface area contributed by atoms with Gasteiger partial charge in [-0.05, 0) is 18.8 Å². The summed E-state index contributed by atoms with van der Waals surface area (Å²) >= 11 is 0. The van der Waals surface area contributed by atoms with Crippen LogP contribution in [0.2, 0.25) is 0 Å². The van der Waals surface area contributed by atoms with Crippen LogP contribution in [0.3, 0.4) is 0 Å². The molecular weight excluding hydrogens is 136 g/mol. The van der Waals surface area contributed by atoms with Crippen molar-refractivity contribution in [3.63, 3.8) is 0 Å². The van der Waals surface area contributed by atoms with Crippen molar-refractivity contribution in [2.75, 3.05) is 6.61 Å². The summed E-state index contributed by atoms with van der Waals surface area (Å²) in [5.41, 5.74) is 0. The van der Waals surface area contributed by atoms with Crippen LogP contribution in [0.25, 0.3) is 0 Å². The lowest BCUT2D eigenvalue weighted by atomic mass is 10.0. The van der Waals surface area contributed by atoms with Gasteiger partial charge in [-0.1, -0.05) is 38.8 Å². The summed E-state index contributed by atoms with van der Waals surface area (Å²) < 4.78 is 0. The van der Waals surface area contributed by atoms with Crippen molar-refractivity contribution in [3.8, 4) is 0 Å². The van der Waals surface area contributed by atoms with Gasteiger partial charge in [0.15, 0.2) is 0 Å². The predicted molar refractivity (Wildman–Crippen MR) is 49.5 cm³/mol. The van der Waals surface area contributed by atoms with E-state index in [4.69, 9.17) is 5.11 Å². The van der Waals surface area contributed by atoms with Crippen molar-refractivity contribution in [1.82, 2.24) is 0 Å². The fourth-order valence-corrected chi connectivity index (χ4v) is 1.13. The summed E-state index contributed by atoms with van der Waals surface area (Å²) in [5.74, 6) is 0.801. The van der Waals surface area contributed by atoms with Gasteiger partial charge in [-0.2, -0.15) is 0 Å². The molecule has 0 spiro atoms. The van der Waals surface area contributed by atoms with Crippen LogP contribution in [0.15, 0.2) is 12.2 Å². The Balaban J connectivity index is 3.21. The monoisotopic (exact) mass is 156 g/mol. The van der Waals surface area contributed by atoms with E-state index in [0.29, 0.717) is 0 Å². The molecule has 0 aliphatic carbocycles. The van der Waals surface area contributed by atoms with Gasteiger partial charge >= 0.3 is 0 Å². The van der Waals surface area contributed by atoms with Gasteiger partial charge in [0.05, 0.1) is 0 Å². The van der Waals surface area contributed by atoms with E-state index in [9.17, 15) is 0 Å².